The third-order valence-corrected chi connectivity index (χ3v) is 3.01. The second kappa shape index (κ2) is 5.69. The van der Waals surface area contributed by atoms with Crippen LogP contribution in [0.3, 0.4) is 0 Å². The predicted molar refractivity (Wildman–Crippen MR) is 73.9 cm³/mol. The van der Waals surface area contributed by atoms with Crippen LogP contribution in [0.2, 0.25) is 0 Å². The van der Waals surface area contributed by atoms with Gasteiger partial charge in [-0.3, -0.25) is 0 Å². The molecule has 0 spiro atoms. The first-order chi connectivity index (χ1) is 9.10. The van der Waals surface area contributed by atoms with Crippen molar-refractivity contribution in [1.82, 2.24) is 0 Å². The zero-order valence-corrected chi connectivity index (χ0v) is 10.7. The van der Waals surface area contributed by atoms with E-state index in [1.165, 1.54) is 18.2 Å². The van der Waals surface area contributed by atoms with E-state index in [0.717, 1.165) is 17.8 Å². The first kappa shape index (κ1) is 13.3. The number of hydrogen-bond donors (Lipinski definition) is 1. The van der Waals surface area contributed by atoms with Gasteiger partial charge >= 0.3 is 0 Å². The van der Waals surface area contributed by atoms with Crippen molar-refractivity contribution in [2.45, 2.75) is 13.5 Å². The van der Waals surface area contributed by atoms with Gasteiger partial charge in [0.05, 0.1) is 5.69 Å². The van der Waals surface area contributed by atoms with Crippen LogP contribution < -0.4 is 10.6 Å². The van der Waals surface area contributed by atoms with E-state index in [2.05, 4.69) is 0 Å². The number of rotatable bonds is 4. The van der Waals surface area contributed by atoms with Gasteiger partial charge in [0, 0.05) is 18.8 Å². The molecule has 2 nitrogen and oxygen atoms in total. The smallest absolute Gasteiger partial charge is 0.146 e. The minimum absolute atomic E-state index is 0.147. The van der Waals surface area contributed by atoms with Crippen molar-refractivity contribution in [1.29, 1.82) is 0 Å². The highest BCUT2D eigenvalue weighted by Crippen LogP contribution is 2.19. The number of nitrogens with two attached hydrogens (primary N) is 1. The Morgan fingerprint density at radius 2 is 1.74 bits per heavy atom. The fourth-order valence-corrected chi connectivity index (χ4v) is 1.93. The van der Waals surface area contributed by atoms with E-state index >= 15 is 0 Å². The Hall–Kier alpha value is -2.10. The first-order valence-corrected chi connectivity index (χ1v) is 6.14. The average Bonchev–Trinajstić information content (AvgIpc) is 2.41. The van der Waals surface area contributed by atoms with Crippen LogP contribution in [0.25, 0.3) is 0 Å². The molecular formula is C15H16F2N2. The Morgan fingerprint density at radius 1 is 1.05 bits per heavy atom. The molecule has 100 valence electrons. The summed E-state index contributed by atoms with van der Waals surface area (Å²) < 4.78 is 26.3. The lowest BCUT2D eigenvalue weighted by Gasteiger charge is -2.23. The van der Waals surface area contributed by atoms with Crippen molar-refractivity contribution in [3.63, 3.8) is 0 Å². The zero-order chi connectivity index (χ0) is 13.8. The third-order valence-electron chi connectivity index (χ3n) is 3.01. The van der Waals surface area contributed by atoms with Crippen LogP contribution in [0.1, 0.15) is 12.5 Å². The quantitative estimate of drug-likeness (QED) is 0.853. The highest BCUT2D eigenvalue weighted by molar-refractivity contribution is 5.48. The highest BCUT2D eigenvalue weighted by atomic mass is 19.1. The number of nitrogen functional groups attached to an aromatic ring is 1. The molecular weight excluding hydrogens is 246 g/mol. The SMILES string of the molecule is CCN(Cc1ccc(N)c(F)c1)c1ccc(F)cc1. The minimum atomic E-state index is -0.410. The minimum Gasteiger partial charge on any atom is -0.396 e. The summed E-state index contributed by atoms with van der Waals surface area (Å²) in [5.74, 6) is -0.675. The van der Waals surface area contributed by atoms with Crippen molar-refractivity contribution in [3.8, 4) is 0 Å². The Labute approximate surface area is 111 Å². The van der Waals surface area contributed by atoms with E-state index in [0.29, 0.717) is 6.54 Å². The fraction of sp³-hybridized carbons (Fsp3) is 0.200. The van der Waals surface area contributed by atoms with Gasteiger partial charge in [0.1, 0.15) is 11.6 Å². The van der Waals surface area contributed by atoms with Crippen LogP contribution in [0.4, 0.5) is 20.2 Å². The standard InChI is InChI=1S/C15H16F2N2/c1-2-19(13-6-4-12(16)5-7-13)10-11-3-8-15(18)14(17)9-11/h3-9H,2,10,18H2,1H3. The molecule has 0 bridgehead atoms. The van der Waals surface area contributed by atoms with Crippen molar-refractivity contribution in [3.05, 3.63) is 59.7 Å². The topological polar surface area (TPSA) is 29.3 Å². The fourth-order valence-electron chi connectivity index (χ4n) is 1.93. The molecule has 0 amide bonds. The number of nitrogens with zero attached hydrogens (tertiary/aromatic N) is 1. The van der Waals surface area contributed by atoms with Crippen LogP contribution in [-0.4, -0.2) is 6.54 Å². The summed E-state index contributed by atoms with van der Waals surface area (Å²) >= 11 is 0. The van der Waals surface area contributed by atoms with Crippen LogP contribution in [-0.2, 0) is 6.54 Å². The lowest BCUT2D eigenvalue weighted by Crippen LogP contribution is -2.22. The number of anilines is 2. The summed E-state index contributed by atoms with van der Waals surface area (Å²) in [6, 6.07) is 11.1. The predicted octanol–water partition coefficient (Wildman–Crippen LogP) is 3.57. The largest absolute Gasteiger partial charge is 0.396 e. The molecule has 0 aliphatic heterocycles. The first-order valence-electron chi connectivity index (χ1n) is 6.14. The van der Waals surface area contributed by atoms with Gasteiger partial charge in [-0.15, -0.1) is 0 Å². The molecule has 2 rings (SSSR count). The molecule has 4 heteroatoms. The molecule has 0 saturated carbocycles. The lowest BCUT2D eigenvalue weighted by molar-refractivity contribution is 0.627. The second-order valence-electron chi connectivity index (χ2n) is 4.35. The van der Waals surface area contributed by atoms with Gasteiger partial charge in [-0.05, 0) is 48.9 Å². The van der Waals surface area contributed by atoms with Gasteiger partial charge in [-0.2, -0.15) is 0 Å². The number of hydrogen-bond acceptors (Lipinski definition) is 2. The third kappa shape index (κ3) is 3.22. The van der Waals surface area contributed by atoms with Crippen LogP contribution in [0.15, 0.2) is 42.5 Å². The molecule has 0 radical (unpaired) electrons. The summed E-state index contributed by atoms with van der Waals surface area (Å²) in [4.78, 5) is 2.03. The summed E-state index contributed by atoms with van der Waals surface area (Å²) in [6.45, 7) is 3.30. The number of benzene rings is 2. The maximum Gasteiger partial charge on any atom is 0.146 e. The Kier molecular flexibility index (Phi) is 4.00. The van der Waals surface area contributed by atoms with E-state index in [-0.39, 0.29) is 11.5 Å². The number of halogens is 2. The van der Waals surface area contributed by atoms with Crippen LogP contribution in [0, 0.1) is 11.6 Å². The average molecular weight is 262 g/mol. The van der Waals surface area contributed by atoms with Gasteiger partial charge in [-0.25, -0.2) is 8.78 Å². The molecule has 0 aliphatic rings. The van der Waals surface area contributed by atoms with E-state index < -0.39 is 5.82 Å². The monoisotopic (exact) mass is 262 g/mol. The molecule has 0 heterocycles. The normalized spacial score (nSPS) is 10.5. The van der Waals surface area contributed by atoms with Crippen LogP contribution in [0.5, 0.6) is 0 Å². The van der Waals surface area contributed by atoms with Gasteiger partial charge in [0.2, 0.25) is 0 Å². The van der Waals surface area contributed by atoms with Gasteiger partial charge < -0.3 is 10.6 Å². The van der Waals surface area contributed by atoms with Crippen molar-refractivity contribution < 1.29 is 8.78 Å². The molecule has 2 aromatic carbocycles. The molecule has 0 atom stereocenters. The van der Waals surface area contributed by atoms with Crippen molar-refractivity contribution in [2.75, 3.05) is 17.2 Å². The molecule has 0 saturated heterocycles. The zero-order valence-electron chi connectivity index (χ0n) is 10.7. The summed E-state index contributed by atoms with van der Waals surface area (Å²) in [6.07, 6.45) is 0. The Bertz CT molecular complexity index is 553. The molecule has 2 N–H and O–H groups in total. The molecule has 19 heavy (non-hydrogen) atoms. The molecule has 0 unspecified atom stereocenters. The van der Waals surface area contributed by atoms with Gasteiger partial charge in [-0.1, -0.05) is 6.07 Å². The molecule has 2 aromatic rings. The molecule has 0 aliphatic carbocycles. The maximum absolute atomic E-state index is 13.4. The highest BCUT2D eigenvalue weighted by Gasteiger charge is 2.07. The van der Waals surface area contributed by atoms with Crippen molar-refractivity contribution in [2.24, 2.45) is 0 Å². The van der Waals surface area contributed by atoms with E-state index in [9.17, 15) is 8.78 Å². The van der Waals surface area contributed by atoms with Crippen LogP contribution >= 0.6 is 0 Å². The molecule has 0 aromatic heterocycles. The summed E-state index contributed by atoms with van der Waals surface area (Å²) in [7, 11) is 0. The summed E-state index contributed by atoms with van der Waals surface area (Å²) in [5, 5.41) is 0. The van der Waals surface area contributed by atoms with Gasteiger partial charge in [0.15, 0.2) is 0 Å². The van der Waals surface area contributed by atoms with Crippen molar-refractivity contribution >= 4 is 11.4 Å². The summed E-state index contributed by atoms with van der Waals surface area (Å²) in [5.41, 5.74) is 7.33. The van der Waals surface area contributed by atoms with E-state index in [1.54, 1.807) is 24.3 Å². The van der Waals surface area contributed by atoms with Gasteiger partial charge in [0.25, 0.3) is 0 Å². The molecule has 0 fully saturated rings. The lowest BCUT2D eigenvalue weighted by atomic mass is 10.1. The maximum atomic E-state index is 13.4. The second-order valence-corrected chi connectivity index (χ2v) is 4.35. The Morgan fingerprint density at radius 3 is 2.32 bits per heavy atom. The Balaban J connectivity index is 2.18. The van der Waals surface area contributed by atoms with E-state index in [4.69, 9.17) is 5.73 Å². The van der Waals surface area contributed by atoms with E-state index in [1.807, 2.05) is 11.8 Å².